The van der Waals surface area contributed by atoms with Crippen molar-refractivity contribution in [2.75, 3.05) is 0 Å². The number of phenolic OH excluding ortho intramolecular Hbond substituents is 1. The number of benzene rings is 1. The maximum atomic E-state index is 9.74. The number of rotatable bonds is 4. The Morgan fingerprint density at radius 2 is 2.07 bits per heavy atom. The Bertz CT molecular complexity index is 339. The molecule has 0 saturated carbocycles. The molecule has 1 rings (SSSR count). The Morgan fingerprint density at radius 1 is 1.33 bits per heavy atom. The van der Waals surface area contributed by atoms with Gasteiger partial charge in [-0.25, -0.2) is 0 Å². The first-order chi connectivity index (χ1) is 7.15. The topological polar surface area (TPSA) is 20.2 Å². The summed E-state index contributed by atoms with van der Waals surface area (Å²) in [6.07, 6.45) is 6.42. The highest BCUT2D eigenvalue weighted by Crippen LogP contribution is 2.28. The zero-order valence-corrected chi connectivity index (χ0v) is 9.83. The van der Waals surface area contributed by atoms with E-state index in [9.17, 15) is 5.11 Å². The average Bonchev–Trinajstić information content (AvgIpc) is 2.22. The second kappa shape index (κ2) is 5.59. The molecule has 0 fully saturated rings. The Hall–Kier alpha value is -1.24. The van der Waals surface area contributed by atoms with Crippen LogP contribution in [0, 0.1) is 6.92 Å². The van der Waals surface area contributed by atoms with E-state index >= 15 is 0 Å². The zero-order valence-electron chi connectivity index (χ0n) is 9.83. The van der Waals surface area contributed by atoms with E-state index in [4.69, 9.17) is 0 Å². The number of aromatic hydroxyl groups is 1. The van der Waals surface area contributed by atoms with Crippen LogP contribution in [-0.4, -0.2) is 5.11 Å². The molecule has 0 aliphatic heterocycles. The number of phenols is 1. The van der Waals surface area contributed by atoms with Crippen LogP contribution in [0.15, 0.2) is 30.4 Å². The lowest BCUT2D eigenvalue weighted by Crippen LogP contribution is -1.93. The van der Waals surface area contributed by atoms with Crippen LogP contribution in [0.25, 0.3) is 0 Å². The standard InChI is InChI=1S/C14H20O/c1-4-5-6-7-12(3)13-10-11(2)8-9-14(13)15/h5-6,8-10,12,15H,4,7H2,1-3H3/b6-5-. The first kappa shape index (κ1) is 11.8. The summed E-state index contributed by atoms with van der Waals surface area (Å²) in [5, 5.41) is 9.74. The maximum Gasteiger partial charge on any atom is 0.119 e. The van der Waals surface area contributed by atoms with Crippen molar-refractivity contribution in [1.82, 2.24) is 0 Å². The van der Waals surface area contributed by atoms with Crippen LogP contribution in [0.2, 0.25) is 0 Å². The largest absolute Gasteiger partial charge is 0.508 e. The summed E-state index contributed by atoms with van der Waals surface area (Å²) in [5.41, 5.74) is 2.25. The number of hydrogen-bond acceptors (Lipinski definition) is 1. The number of hydrogen-bond donors (Lipinski definition) is 1. The molecule has 0 spiro atoms. The van der Waals surface area contributed by atoms with Crippen LogP contribution in [0.5, 0.6) is 5.75 Å². The molecule has 1 heteroatoms. The lowest BCUT2D eigenvalue weighted by Gasteiger charge is -2.12. The molecule has 82 valence electrons. The van der Waals surface area contributed by atoms with Gasteiger partial charge in [0.05, 0.1) is 0 Å². The van der Waals surface area contributed by atoms with Gasteiger partial charge in [-0.05, 0) is 37.3 Å². The van der Waals surface area contributed by atoms with Gasteiger partial charge >= 0.3 is 0 Å². The Balaban J connectivity index is 2.76. The van der Waals surface area contributed by atoms with Crippen LogP contribution in [0.4, 0.5) is 0 Å². The van der Waals surface area contributed by atoms with E-state index in [1.54, 1.807) is 6.07 Å². The number of allylic oxidation sites excluding steroid dienone is 2. The summed E-state index contributed by atoms with van der Waals surface area (Å²) in [6, 6.07) is 5.79. The van der Waals surface area contributed by atoms with Gasteiger partial charge in [0, 0.05) is 0 Å². The Kier molecular flexibility index (Phi) is 4.41. The van der Waals surface area contributed by atoms with Crippen LogP contribution in [-0.2, 0) is 0 Å². The van der Waals surface area contributed by atoms with Crippen LogP contribution in [0.3, 0.4) is 0 Å². The average molecular weight is 204 g/mol. The third-order valence-electron chi connectivity index (χ3n) is 2.61. The molecular weight excluding hydrogens is 184 g/mol. The van der Waals surface area contributed by atoms with Crippen molar-refractivity contribution >= 4 is 0 Å². The molecule has 1 nitrogen and oxygen atoms in total. The molecule has 0 radical (unpaired) electrons. The maximum absolute atomic E-state index is 9.74. The second-order valence-electron chi connectivity index (χ2n) is 4.08. The third-order valence-corrected chi connectivity index (χ3v) is 2.61. The Morgan fingerprint density at radius 3 is 2.73 bits per heavy atom. The van der Waals surface area contributed by atoms with Crippen LogP contribution < -0.4 is 0 Å². The first-order valence-corrected chi connectivity index (χ1v) is 5.59. The summed E-state index contributed by atoms with van der Waals surface area (Å²) in [4.78, 5) is 0. The van der Waals surface area contributed by atoms with Crippen LogP contribution in [0.1, 0.15) is 43.7 Å². The van der Waals surface area contributed by atoms with Gasteiger partial charge in [-0.2, -0.15) is 0 Å². The summed E-state index contributed by atoms with van der Waals surface area (Å²) < 4.78 is 0. The molecule has 0 aliphatic rings. The predicted molar refractivity (Wildman–Crippen MR) is 65.3 cm³/mol. The van der Waals surface area contributed by atoms with Crippen molar-refractivity contribution in [3.05, 3.63) is 41.5 Å². The van der Waals surface area contributed by atoms with E-state index < -0.39 is 0 Å². The third kappa shape index (κ3) is 3.43. The molecule has 0 bridgehead atoms. The van der Waals surface area contributed by atoms with Crippen molar-refractivity contribution in [2.24, 2.45) is 0 Å². The summed E-state index contributed by atoms with van der Waals surface area (Å²) >= 11 is 0. The minimum Gasteiger partial charge on any atom is -0.508 e. The fourth-order valence-electron chi connectivity index (χ4n) is 1.66. The van der Waals surface area contributed by atoms with Crippen LogP contribution >= 0.6 is 0 Å². The van der Waals surface area contributed by atoms with Crippen molar-refractivity contribution in [3.63, 3.8) is 0 Å². The minimum absolute atomic E-state index is 0.382. The molecule has 0 aliphatic carbocycles. The van der Waals surface area contributed by atoms with Gasteiger partial charge in [0.1, 0.15) is 5.75 Å². The molecule has 1 aromatic rings. The lowest BCUT2D eigenvalue weighted by molar-refractivity contribution is 0.463. The van der Waals surface area contributed by atoms with Gasteiger partial charge < -0.3 is 5.11 Å². The SMILES string of the molecule is CC/C=C\CC(C)c1cc(C)ccc1O. The molecule has 1 atom stereocenters. The van der Waals surface area contributed by atoms with Gasteiger partial charge in [0.25, 0.3) is 0 Å². The highest BCUT2D eigenvalue weighted by molar-refractivity contribution is 5.38. The lowest BCUT2D eigenvalue weighted by atomic mass is 9.95. The smallest absolute Gasteiger partial charge is 0.119 e. The van der Waals surface area contributed by atoms with Gasteiger partial charge in [0.2, 0.25) is 0 Å². The fraction of sp³-hybridized carbons (Fsp3) is 0.429. The predicted octanol–water partition coefficient (Wildman–Crippen LogP) is 4.16. The highest BCUT2D eigenvalue weighted by atomic mass is 16.3. The highest BCUT2D eigenvalue weighted by Gasteiger charge is 2.08. The molecule has 0 aromatic heterocycles. The molecular formula is C14H20O. The quantitative estimate of drug-likeness (QED) is 0.730. The molecule has 1 aromatic carbocycles. The molecule has 0 amide bonds. The monoisotopic (exact) mass is 204 g/mol. The molecule has 1 unspecified atom stereocenters. The molecule has 1 N–H and O–H groups in total. The van der Waals surface area contributed by atoms with Gasteiger partial charge in [-0.15, -0.1) is 0 Å². The van der Waals surface area contributed by atoms with Crippen molar-refractivity contribution < 1.29 is 5.11 Å². The van der Waals surface area contributed by atoms with E-state index in [0.717, 1.165) is 18.4 Å². The number of aryl methyl sites for hydroxylation is 1. The fourth-order valence-corrected chi connectivity index (χ4v) is 1.66. The second-order valence-corrected chi connectivity index (χ2v) is 4.08. The molecule has 0 heterocycles. The first-order valence-electron chi connectivity index (χ1n) is 5.59. The minimum atomic E-state index is 0.382. The summed E-state index contributed by atoms with van der Waals surface area (Å²) in [6.45, 7) is 6.33. The van der Waals surface area contributed by atoms with Crippen molar-refractivity contribution in [2.45, 2.75) is 39.5 Å². The summed E-state index contributed by atoms with van der Waals surface area (Å²) in [5.74, 6) is 0.797. The summed E-state index contributed by atoms with van der Waals surface area (Å²) in [7, 11) is 0. The molecule has 0 saturated heterocycles. The van der Waals surface area contributed by atoms with Gasteiger partial charge in [0.15, 0.2) is 0 Å². The molecule has 15 heavy (non-hydrogen) atoms. The van der Waals surface area contributed by atoms with E-state index in [1.165, 1.54) is 5.56 Å². The van der Waals surface area contributed by atoms with E-state index in [2.05, 4.69) is 39.0 Å². The van der Waals surface area contributed by atoms with E-state index in [0.29, 0.717) is 11.7 Å². The zero-order chi connectivity index (χ0) is 11.3. The van der Waals surface area contributed by atoms with Gasteiger partial charge in [-0.1, -0.05) is 43.7 Å². The van der Waals surface area contributed by atoms with E-state index in [1.807, 2.05) is 6.07 Å². The van der Waals surface area contributed by atoms with E-state index in [-0.39, 0.29) is 0 Å². The van der Waals surface area contributed by atoms with Crippen molar-refractivity contribution in [3.8, 4) is 5.75 Å². The Labute approximate surface area is 92.5 Å². The van der Waals surface area contributed by atoms with Gasteiger partial charge in [-0.3, -0.25) is 0 Å². The normalized spacial score (nSPS) is 13.3. The van der Waals surface area contributed by atoms with Crippen molar-refractivity contribution in [1.29, 1.82) is 0 Å².